The van der Waals surface area contributed by atoms with Crippen LogP contribution < -0.4 is 5.32 Å². The highest BCUT2D eigenvalue weighted by atomic mass is 16.6. The molecule has 0 unspecified atom stereocenters. The van der Waals surface area contributed by atoms with Crippen LogP contribution in [0.3, 0.4) is 0 Å². The second kappa shape index (κ2) is 26.9. The molecule has 15 heteroatoms. The third-order valence-electron chi connectivity index (χ3n) is 13.4. The number of pyridine rings is 1. The van der Waals surface area contributed by atoms with Gasteiger partial charge in [0.05, 0.1) is 61.9 Å². The van der Waals surface area contributed by atoms with Gasteiger partial charge in [-0.15, -0.1) is 0 Å². The normalized spacial score (nSPS) is 17.7. The van der Waals surface area contributed by atoms with Crippen LogP contribution in [0.25, 0.3) is 0 Å². The van der Waals surface area contributed by atoms with Crippen LogP contribution in [0.5, 0.6) is 0 Å². The number of Topliss-reactive ketones (excluding diaryl/α,β-unsaturated/α-hetero) is 1. The molecule has 3 amide bonds. The van der Waals surface area contributed by atoms with Gasteiger partial charge in [-0.1, -0.05) is 85.2 Å². The third kappa shape index (κ3) is 16.5. The maximum absolute atomic E-state index is 14.8. The van der Waals surface area contributed by atoms with Crippen molar-refractivity contribution in [2.45, 2.75) is 163 Å². The van der Waals surface area contributed by atoms with Crippen molar-refractivity contribution in [1.82, 2.24) is 25.0 Å². The van der Waals surface area contributed by atoms with Gasteiger partial charge >= 0.3 is 11.9 Å². The Bertz CT molecular complexity index is 1950. The maximum Gasteiger partial charge on any atom is 0.328 e. The number of nitrogens with zero attached hydrogens (tertiary/aromatic N) is 4. The number of hydrogen-bond donors (Lipinski definition) is 1. The average Bonchev–Trinajstić information content (AvgIpc) is 3.76. The fourth-order valence-electron chi connectivity index (χ4n) is 9.76. The number of hydrogen-bond acceptors (Lipinski definition) is 12. The standard InChI is InChI=1S/C53H83N5O10/c1-16-35(6)48(44(65-13)31-45(60)58-26-20-23-42(58)49(66-14)36(7)50(62)55-41(52(64)67-15)28-37-21-18-17-19-22-37)57(12)51(63)40(33(2)3)30-43(59)47(34(4)5)56(11)32-38-24-25-54-39(27-38)29-46(61)68-53(8,9)10/h17-19,21-22,24-25,27,33-36,40-42,44,47-49H,16,20,23,26,28-32H2,1-15H3,(H,55,62)/t35-,36+,40-,41-,42-,44+,47-,48-,49+/m0/s1. The van der Waals surface area contributed by atoms with Crippen LogP contribution in [-0.2, 0) is 67.1 Å². The largest absolute Gasteiger partial charge is 0.467 e. The number of benzene rings is 1. The van der Waals surface area contributed by atoms with Gasteiger partial charge in [-0.25, -0.2) is 4.79 Å². The molecule has 0 radical (unpaired) electrons. The van der Waals surface area contributed by atoms with Gasteiger partial charge in [0.1, 0.15) is 11.6 Å². The summed E-state index contributed by atoms with van der Waals surface area (Å²) in [5, 5.41) is 2.87. The lowest BCUT2D eigenvalue weighted by Gasteiger charge is -2.41. The number of nitrogens with one attached hydrogen (secondary N) is 1. The minimum absolute atomic E-state index is 0.0158. The number of carbonyl (C=O) groups is 6. The molecule has 1 aliphatic heterocycles. The molecule has 3 rings (SSSR count). The number of rotatable bonds is 26. The zero-order valence-electron chi connectivity index (χ0n) is 43.7. The zero-order valence-corrected chi connectivity index (χ0v) is 43.7. The summed E-state index contributed by atoms with van der Waals surface area (Å²) in [5.41, 5.74) is 1.74. The van der Waals surface area contributed by atoms with Crippen molar-refractivity contribution >= 4 is 35.4 Å². The molecule has 1 N–H and O–H groups in total. The van der Waals surface area contributed by atoms with Crippen LogP contribution in [0.2, 0.25) is 0 Å². The molecule has 380 valence electrons. The van der Waals surface area contributed by atoms with Gasteiger partial charge in [-0.2, -0.15) is 0 Å². The van der Waals surface area contributed by atoms with Crippen molar-refractivity contribution in [3.05, 3.63) is 65.5 Å². The molecule has 1 saturated heterocycles. The van der Waals surface area contributed by atoms with E-state index in [4.69, 9.17) is 18.9 Å². The van der Waals surface area contributed by atoms with Crippen LogP contribution >= 0.6 is 0 Å². The molecule has 0 spiro atoms. The molecule has 1 aromatic heterocycles. The Balaban J connectivity index is 1.78. The monoisotopic (exact) mass is 950 g/mol. The van der Waals surface area contributed by atoms with E-state index in [1.165, 1.54) is 14.2 Å². The van der Waals surface area contributed by atoms with Gasteiger partial charge < -0.3 is 34.1 Å². The van der Waals surface area contributed by atoms with Crippen molar-refractivity contribution in [2.75, 3.05) is 42.0 Å². The summed E-state index contributed by atoms with van der Waals surface area (Å²) < 4.78 is 22.6. The number of ketones is 1. The highest BCUT2D eigenvalue weighted by Crippen LogP contribution is 2.31. The lowest BCUT2D eigenvalue weighted by molar-refractivity contribution is -0.154. The SMILES string of the molecule is CC[C@H](C)[C@@H]([C@@H](CC(=O)N1CCC[C@H]1[C@H](OC)[C@@H](C)C(=O)N[C@@H](Cc1ccccc1)C(=O)OC)OC)N(C)C(=O)[C@@H](CC(=O)[C@H](C(C)C)N(C)Cc1ccnc(CC(=O)OC(C)(C)C)c1)C(C)C. The Morgan fingerprint density at radius 2 is 1.54 bits per heavy atom. The molecular formula is C53H83N5O10. The van der Waals surface area contributed by atoms with E-state index < -0.39 is 65.7 Å². The van der Waals surface area contributed by atoms with Crippen molar-refractivity contribution in [1.29, 1.82) is 0 Å². The molecule has 9 atom stereocenters. The van der Waals surface area contributed by atoms with Gasteiger partial charge in [0, 0.05) is 59.3 Å². The predicted molar refractivity (Wildman–Crippen MR) is 262 cm³/mol. The first-order valence-electron chi connectivity index (χ1n) is 24.4. The minimum Gasteiger partial charge on any atom is -0.467 e. The van der Waals surface area contributed by atoms with Gasteiger partial charge in [0.15, 0.2) is 5.78 Å². The smallest absolute Gasteiger partial charge is 0.328 e. The number of carbonyl (C=O) groups excluding carboxylic acids is 6. The number of likely N-dealkylation sites (tertiary alicyclic amines) is 1. The van der Waals surface area contributed by atoms with E-state index in [1.54, 1.807) is 37.1 Å². The number of esters is 2. The molecule has 68 heavy (non-hydrogen) atoms. The Labute approximate surface area is 406 Å². The number of aromatic nitrogens is 1. The highest BCUT2D eigenvalue weighted by molar-refractivity contribution is 5.90. The van der Waals surface area contributed by atoms with E-state index in [9.17, 15) is 28.8 Å². The van der Waals surface area contributed by atoms with E-state index >= 15 is 0 Å². The Morgan fingerprint density at radius 3 is 2.10 bits per heavy atom. The van der Waals surface area contributed by atoms with Gasteiger partial charge in [0.25, 0.3) is 0 Å². The summed E-state index contributed by atoms with van der Waals surface area (Å²) in [4.78, 5) is 92.5. The van der Waals surface area contributed by atoms with E-state index in [1.807, 2.05) is 117 Å². The molecule has 0 bridgehead atoms. The Morgan fingerprint density at radius 1 is 0.882 bits per heavy atom. The molecule has 1 fully saturated rings. The lowest BCUT2D eigenvalue weighted by Crippen LogP contribution is -2.55. The van der Waals surface area contributed by atoms with E-state index in [0.717, 1.165) is 11.1 Å². The van der Waals surface area contributed by atoms with Crippen LogP contribution in [0.4, 0.5) is 0 Å². The molecule has 2 aromatic rings. The zero-order chi connectivity index (χ0) is 51.0. The third-order valence-corrected chi connectivity index (χ3v) is 13.4. The first kappa shape index (κ1) is 57.6. The summed E-state index contributed by atoms with van der Waals surface area (Å²) in [7, 11) is 8.02. The molecule has 0 saturated carbocycles. The summed E-state index contributed by atoms with van der Waals surface area (Å²) in [6.45, 7) is 20.1. The molecule has 15 nitrogen and oxygen atoms in total. The summed E-state index contributed by atoms with van der Waals surface area (Å²) >= 11 is 0. The van der Waals surface area contributed by atoms with Crippen LogP contribution in [0.15, 0.2) is 48.7 Å². The molecule has 2 heterocycles. The Kier molecular flexibility index (Phi) is 22.8. The maximum atomic E-state index is 14.8. The number of likely N-dealkylation sites (N-methyl/N-ethyl adjacent to an activating group) is 2. The van der Waals surface area contributed by atoms with Crippen LogP contribution in [-0.4, -0.2) is 139 Å². The lowest BCUT2D eigenvalue weighted by atomic mass is 9.83. The fourth-order valence-corrected chi connectivity index (χ4v) is 9.76. The summed E-state index contributed by atoms with van der Waals surface area (Å²) in [6.07, 6.45) is 2.65. The molecular weight excluding hydrogens is 867 g/mol. The van der Waals surface area contributed by atoms with Crippen molar-refractivity contribution in [3.63, 3.8) is 0 Å². The van der Waals surface area contributed by atoms with E-state index in [2.05, 4.69) is 10.3 Å². The fraction of sp³-hybridized carbons (Fsp3) is 0.679. The van der Waals surface area contributed by atoms with E-state index in [0.29, 0.717) is 38.0 Å². The van der Waals surface area contributed by atoms with Gasteiger partial charge in [-0.05, 0) is 81.7 Å². The quantitative estimate of drug-likeness (QED) is 0.102. The highest BCUT2D eigenvalue weighted by Gasteiger charge is 2.44. The second-order valence-electron chi connectivity index (χ2n) is 20.4. The first-order valence-corrected chi connectivity index (χ1v) is 24.4. The summed E-state index contributed by atoms with van der Waals surface area (Å²) in [6, 6.07) is 10.8. The molecule has 1 aromatic carbocycles. The second-order valence-corrected chi connectivity index (χ2v) is 20.4. The van der Waals surface area contributed by atoms with Gasteiger partial charge in [0.2, 0.25) is 17.7 Å². The molecule has 1 aliphatic rings. The topological polar surface area (TPSA) is 174 Å². The number of methoxy groups -OCH3 is 3. The van der Waals surface area contributed by atoms with Crippen molar-refractivity contribution in [3.8, 4) is 0 Å². The predicted octanol–water partition coefficient (Wildman–Crippen LogP) is 6.47. The van der Waals surface area contributed by atoms with Crippen LogP contribution in [0.1, 0.15) is 118 Å². The van der Waals surface area contributed by atoms with E-state index in [-0.39, 0.29) is 67.0 Å². The number of ether oxygens (including phenoxy) is 4. The molecule has 0 aliphatic carbocycles. The average molecular weight is 950 g/mol. The van der Waals surface area contributed by atoms with Gasteiger partial charge in [-0.3, -0.25) is 33.9 Å². The number of amides is 3. The van der Waals surface area contributed by atoms with Crippen LogP contribution in [0, 0.1) is 29.6 Å². The summed E-state index contributed by atoms with van der Waals surface area (Å²) in [5.74, 6) is -3.37. The van der Waals surface area contributed by atoms with Crippen molar-refractivity contribution < 1.29 is 47.7 Å². The minimum atomic E-state index is -0.909. The Hall–Kier alpha value is -4.73. The van der Waals surface area contributed by atoms with Crippen molar-refractivity contribution in [2.24, 2.45) is 29.6 Å². The first-order chi connectivity index (χ1) is 32.0.